The van der Waals surface area contributed by atoms with Gasteiger partial charge in [0.2, 0.25) is 0 Å². The molecular weight excluding hydrogens is 215 g/mol. The molecule has 2 rings (SSSR count). The van der Waals surface area contributed by atoms with E-state index in [1.165, 1.54) is 25.0 Å². The van der Waals surface area contributed by atoms with Crippen LogP contribution in [0.4, 0.5) is 10.1 Å². The second kappa shape index (κ2) is 5.05. The van der Waals surface area contributed by atoms with Gasteiger partial charge in [0, 0.05) is 18.8 Å². The zero-order valence-corrected chi connectivity index (χ0v) is 10.5. The maximum absolute atomic E-state index is 12.9. The minimum atomic E-state index is -0.173. The number of benzene rings is 1. The number of hydrogen-bond donors (Lipinski definition) is 1. The minimum absolute atomic E-state index is 0.173. The summed E-state index contributed by atoms with van der Waals surface area (Å²) in [5, 5.41) is 0. The fourth-order valence-electron chi connectivity index (χ4n) is 2.41. The van der Waals surface area contributed by atoms with Crippen molar-refractivity contribution < 1.29 is 4.39 Å². The van der Waals surface area contributed by atoms with E-state index in [4.69, 9.17) is 5.73 Å². The van der Waals surface area contributed by atoms with Gasteiger partial charge in [-0.1, -0.05) is 0 Å². The summed E-state index contributed by atoms with van der Waals surface area (Å²) in [5.74, 6) is -0.173. The standard InChI is InChI=1S/C14H21FN2/c1-2-17(11-14(7-8-14)9-10-16)13-5-3-12(15)4-6-13/h3-6H,2,7-11,16H2,1H3. The van der Waals surface area contributed by atoms with Gasteiger partial charge in [0.1, 0.15) is 5.82 Å². The first-order valence-electron chi connectivity index (χ1n) is 6.40. The molecule has 17 heavy (non-hydrogen) atoms. The molecule has 0 radical (unpaired) electrons. The molecule has 94 valence electrons. The van der Waals surface area contributed by atoms with Crippen LogP contribution in [0, 0.1) is 11.2 Å². The summed E-state index contributed by atoms with van der Waals surface area (Å²) in [6.07, 6.45) is 3.66. The number of nitrogens with zero attached hydrogens (tertiary/aromatic N) is 1. The van der Waals surface area contributed by atoms with Crippen molar-refractivity contribution in [2.45, 2.75) is 26.2 Å². The van der Waals surface area contributed by atoms with Crippen LogP contribution >= 0.6 is 0 Å². The summed E-state index contributed by atoms with van der Waals surface area (Å²) in [6, 6.07) is 6.77. The Morgan fingerprint density at radius 1 is 1.29 bits per heavy atom. The molecule has 1 fully saturated rings. The number of anilines is 1. The smallest absolute Gasteiger partial charge is 0.123 e. The average Bonchev–Trinajstić information content (AvgIpc) is 3.08. The Morgan fingerprint density at radius 3 is 2.41 bits per heavy atom. The lowest BCUT2D eigenvalue weighted by molar-refractivity contribution is 0.468. The number of halogens is 1. The normalized spacial score (nSPS) is 16.9. The van der Waals surface area contributed by atoms with Crippen LogP contribution in [0.15, 0.2) is 24.3 Å². The summed E-state index contributed by atoms with van der Waals surface area (Å²) in [6.45, 7) is 4.91. The van der Waals surface area contributed by atoms with E-state index >= 15 is 0 Å². The summed E-state index contributed by atoms with van der Waals surface area (Å²) in [7, 11) is 0. The monoisotopic (exact) mass is 236 g/mol. The number of nitrogens with two attached hydrogens (primary N) is 1. The highest BCUT2D eigenvalue weighted by Gasteiger charge is 2.42. The Labute approximate surface area is 103 Å². The highest BCUT2D eigenvalue weighted by molar-refractivity contribution is 5.46. The first-order valence-corrected chi connectivity index (χ1v) is 6.40. The highest BCUT2D eigenvalue weighted by Crippen LogP contribution is 2.49. The van der Waals surface area contributed by atoms with E-state index in [0.29, 0.717) is 5.41 Å². The summed E-state index contributed by atoms with van der Waals surface area (Å²) in [5.41, 5.74) is 7.20. The Morgan fingerprint density at radius 2 is 1.94 bits per heavy atom. The number of rotatable bonds is 6. The largest absolute Gasteiger partial charge is 0.371 e. The molecule has 0 spiro atoms. The maximum atomic E-state index is 12.9. The fraction of sp³-hybridized carbons (Fsp3) is 0.571. The summed E-state index contributed by atoms with van der Waals surface area (Å²) >= 11 is 0. The van der Waals surface area contributed by atoms with Gasteiger partial charge in [-0.05, 0) is 62.4 Å². The van der Waals surface area contributed by atoms with Gasteiger partial charge in [0.25, 0.3) is 0 Å². The molecule has 1 aromatic rings. The topological polar surface area (TPSA) is 29.3 Å². The van der Waals surface area contributed by atoms with Gasteiger partial charge in [0.05, 0.1) is 0 Å². The molecule has 0 atom stereocenters. The highest BCUT2D eigenvalue weighted by atomic mass is 19.1. The third kappa shape index (κ3) is 2.97. The Kier molecular flexibility index (Phi) is 3.67. The van der Waals surface area contributed by atoms with Crippen molar-refractivity contribution >= 4 is 5.69 Å². The lowest BCUT2D eigenvalue weighted by Crippen LogP contribution is -2.31. The molecule has 2 nitrogen and oxygen atoms in total. The van der Waals surface area contributed by atoms with Crippen molar-refractivity contribution in [1.29, 1.82) is 0 Å². The molecule has 0 bridgehead atoms. The summed E-state index contributed by atoms with van der Waals surface area (Å²) in [4.78, 5) is 2.32. The molecule has 1 aliphatic carbocycles. The van der Waals surface area contributed by atoms with Gasteiger partial charge >= 0.3 is 0 Å². The molecule has 1 aliphatic rings. The van der Waals surface area contributed by atoms with E-state index in [0.717, 1.165) is 31.7 Å². The average molecular weight is 236 g/mol. The van der Waals surface area contributed by atoms with Crippen LogP contribution in [0.2, 0.25) is 0 Å². The Hall–Kier alpha value is -1.09. The van der Waals surface area contributed by atoms with E-state index in [2.05, 4.69) is 11.8 Å². The molecule has 0 aliphatic heterocycles. The van der Waals surface area contributed by atoms with Crippen molar-refractivity contribution in [2.75, 3.05) is 24.5 Å². The van der Waals surface area contributed by atoms with E-state index in [1.54, 1.807) is 0 Å². The Balaban J connectivity index is 2.04. The molecule has 0 unspecified atom stereocenters. The number of hydrogen-bond acceptors (Lipinski definition) is 2. The van der Waals surface area contributed by atoms with Crippen LogP contribution in [0.25, 0.3) is 0 Å². The molecule has 2 N–H and O–H groups in total. The lowest BCUT2D eigenvalue weighted by Gasteiger charge is -2.28. The van der Waals surface area contributed by atoms with E-state index in [9.17, 15) is 4.39 Å². The van der Waals surface area contributed by atoms with Crippen LogP contribution in [-0.4, -0.2) is 19.6 Å². The molecule has 0 aromatic heterocycles. The SMILES string of the molecule is CCN(CC1(CCN)CC1)c1ccc(F)cc1. The van der Waals surface area contributed by atoms with Crippen molar-refractivity contribution in [3.05, 3.63) is 30.1 Å². The van der Waals surface area contributed by atoms with Crippen LogP contribution in [0.1, 0.15) is 26.2 Å². The first-order chi connectivity index (χ1) is 8.19. The van der Waals surface area contributed by atoms with Crippen molar-refractivity contribution in [1.82, 2.24) is 0 Å². The zero-order valence-electron chi connectivity index (χ0n) is 10.5. The van der Waals surface area contributed by atoms with Gasteiger partial charge in [-0.15, -0.1) is 0 Å². The third-order valence-electron chi connectivity index (χ3n) is 3.73. The zero-order chi connectivity index (χ0) is 12.3. The van der Waals surface area contributed by atoms with Crippen LogP contribution < -0.4 is 10.6 Å². The van der Waals surface area contributed by atoms with Crippen molar-refractivity contribution in [2.24, 2.45) is 11.1 Å². The van der Waals surface area contributed by atoms with Gasteiger partial charge in [0.15, 0.2) is 0 Å². The predicted molar refractivity (Wildman–Crippen MR) is 69.6 cm³/mol. The van der Waals surface area contributed by atoms with Crippen LogP contribution in [0.5, 0.6) is 0 Å². The van der Waals surface area contributed by atoms with Gasteiger partial charge in [-0.25, -0.2) is 4.39 Å². The van der Waals surface area contributed by atoms with Crippen LogP contribution in [-0.2, 0) is 0 Å². The molecule has 1 saturated carbocycles. The van der Waals surface area contributed by atoms with E-state index < -0.39 is 0 Å². The van der Waals surface area contributed by atoms with Crippen molar-refractivity contribution in [3.8, 4) is 0 Å². The first kappa shape index (κ1) is 12.4. The maximum Gasteiger partial charge on any atom is 0.123 e. The third-order valence-corrected chi connectivity index (χ3v) is 3.73. The molecule has 0 saturated heterocycles. The molecule has 3 heteroatoms. The lowest BCUT2D eigenvalue weighted by atomic mass is 10.0. The van der Waals surface area contributed by atoms with Crippen molar-refractivity contribution in [3.63, 3.8) is 0 Å². The second-order valence-electron chi connectivity index (χ2n) is 5.03. The molecule has 0 heterocycles. The molecule has 0 amide bonds. The summed E-state index contributed by atoms with van der Waals surface area (Å²) < 4.78 is 12.9. The van der Waals surface area contributed by atoms with E-state index in [1.807, 2.05) is 12.1 Å². The van der Waals surface area contributed by atoms with Gasteiger partial charge in [-0.3, -0.25) is 0 Å². The minimum Gasteiger partial charge on any atom is -0.371 e. The molecule has 1 aromatic carbocycles. The van der Waals surface area contributed by atoms with Crippen LogP contribution in [0.3, 0.4) is 0 Å². The Bertz CT molecular complexity index is 357. The van der Waals surface area contributed by atoms with Gasteiger partial charge in [-0.2, -0.15) is 0 Å². The van der Waals surface area contributed by atoms with Gasteiger partial charge < -0.3 is 10.6 Å². The van der Waals surface area contributed by atoms with E-state index in [-0.39, 0.29) is 5.82 Å². The quantitative estimate of drug-likeness (QED) is 0.823. The molecular formula is C14H21FN2. The second-order valence-corrected chi connectivity index (χ2v) is 5.03. The fourth-order valence-corrected chi connectivity index (χ4v) is 2.41. The predicted octanol–water partition coefficient (Wildman–Crippen LogP) is 2.78.